The first-order valence-electron chi connectivity index (χ1n) is 10.0. The van der Waals surface area contributed by atoms with E-state index in [1.807, 2.05) is 24.4 Å². The molecule has 0 saturated carbocycles. The Labute approximate surface area is 157 Å². The van der Waals surface area contributed by atoms with Gasteiger partial charge in [-0.2, -0.15) is 0 Å². The Kier molecular flexibility index (Phi) is 8.86. The van der Waals surface area contributed by atoms with Crippen molar-refractivity contribution in [3.8, 4) is 11.4 Å². The summed E-state index contributed by atoms with van der Waals surface area (Å²) >= 11 is -2.45. The van der Waals surface area contributed by atoms with E-state index in [-0.39, 0.29) is 0 Å². The van der Waals surface area contributed by atoms with Crippen molar-refractivity contribution in [1.82, 2.24) is 15.2 Å². The molecule has 0 aliphatic heterocycles. The van der Waals surface area contributed by atoms with Crippen LogP contribution in [-0.2, 0) is 0 Å². The predicted molar refractivity (Wildman–Crippen MR) is 110 cm³/mol. The maximum absolute atomic E-state index is 4.79. The molecule has 2 heterocycles. The van der Waals surface area contributed by atoms with Crippen LogP contribution in [0.2, 0.25) is 13.3 Å². The van der Waals surface area contributed by atoms with Gasteiger partial charge in [0.05, 0.1) is 0 Å². The second-order valence-electron chi connectivity index (χ2n) is 7.11. The van der Waals surface area contributed by atoms with Gasteiger partial charge >= 0.3 is 158 Å². The molecule has 2 aromatic heterocycles. The first kappa shape index (κ1) is 20.3. The Morgan fingerprint density at radius 3 is 1.80 bits per heavy atom. The van der Waals surface area contributed by atoms with Gasteiger partial charge < -0.3 is 0 Å². The van der Waals surface area contributed by atoms with Crippen LogP contribution in [0.4, 0.5) is 0 Å². The third-order valence-corrected chi connectivity index (χ3v) is 20.2. The molecule has 0 saturated heterocycles. The molecule has 136 valence electrons. The summed E-state index contributed by atoms with van der Waals surface area (Å²) < 4.78 is 5.69. The van der Waals surface area contributed by atoms with Crippen LogP contribution in [0, 0.1) is 0 Å². The second kappa shape index (κ2) is 10.9. The van der Waals surface area contributed by atoms with Crippen LogP contribution in [0.1, 0.15) is 59.3 Å². The molecule has 0 radical (unpaired) electrons. The van der Waals surface area contributed by atoms with Crippen molar-refractivity contribution in [3.63, 3.8) is 0 Å². The molecule has 0 fully saturated rings. The van der Waals surface area contributed by atoms with Gasteiger partial charge in [0.25, 0.3) is 0 Å². The standard InChI is InChI=1S/C9H6N3.3C4H9.Sn/c1-2-6-10-8(4-1)9-5-3-7-11-12-9;3*1-3-4-2;/h1-6H;3*1,3-4H2,2H3;. The number of pyridine rings is 1. The molecule has 0 unspecified atom stereocenters. The zero-order valence-corrected chi connectivity index (χ0v) is 19.0. The molecule has 3 nitrogen and oxygen atoms in total. The third kappa shape index (κ3) is 5.77. The number of nitrogens with zero attached hydrogens (tertiary/aromatic N) is 3. The monoisotopic (exact) mass is 447 g/mol. The molecular formula is C21H33N3Sn. The topological polar surface area (TPSA) is 38.7 Å². The van der Waals surface area contributed by atoms with Gasteiger partial charge in [-0.15, -0.1) is 0 Å². The van der Waals surface area contributed by atoms with Crippen LogP contribution in [0.15, 0.2) is 36.5 Å². The van der Waals surface area contributed by atoms with Crippen LogP contribution < -0.4 is 3.71 Å². The molecule has 0 aliphatic rings. The van der Waals surface area contributed by atoms with E-state index in [0.29, 0.717) is 0 Å². The van der Waals surface area contributed by atoms with Gasteiger partial charge in [0.2, 0.25) is 0 Å². The molecule has 0 aliphatic carbocycles. The minimum atomic E-state index is -2.45. The Bertz CT molecular complexity index is 577. The number of rotatable bonds is 11. The van der Waals surface area contributed by atoms with E-state index in [4.69, 9.17) is 5.10 Å². The van der Waals surface area contributed by atoms with Gasteiger partial charge in [-0.3, -0.25) is 0 Å². The molecular weight excluding hydrogens is 413 g/mol. The van der Waals surface area contributed by atoms with Gasteiger partial charge in [0, 0.05) is 0 Å². The van der Waals surface area contributed by atoms with E-state index in [2.05, 4.69) is 43.0 Å². The summed E-state index contributed by atoms with van der Waals surface area (Å²) in [6, 6.07) is 10.4. The Hall–Kier alpha value is -0.971. The van der Waals surface area contributed by atoms with Crippen molar-refractivity contribution < 1.29 is 0 Å². The molecule has 0 amide bonds. The van der Waals surface area contributed by atoms with Gasteiger partial charge in [0.15, 0.2) is 0 Å². The second-order valence-corrected chi connectivity index (χ2v) is 20.2. The summed E-state index contributed by atoms with van der Waals surface area (Å²) in [4.78, 5) is 4.40. The Morgan fingerprint density at radius 1 is 0.720 bits per heavy atom. The van der Waals surface area contributed by atoms with Crippen molar-refractivity contribution in [2.75, 3.05) is 0 Å². The van der Waals surface area contributed by atoms with E-state index in [1.54, 1.807) is 0 Å². The number of unbranched alkanes of at least 4 members (excludes halogenated alkanes) is 3. The van der Waals surface area contributed by atoms with Crippen LogP contribution >= 0.6 is 0 Å². The molecule has 25 heavy (non-hydrogen) atoms. The normalized spacial score (nSPS) is 11.6. The molecule has 0 atom stereocenters. The van der Waals surface area contributed by atoms with Gasteiger partial charge in [-0.25, -0.2) is 0 Å². The number of hydrogen-bond donors (Lipinski definition) is 0. The van der Waals surface area contributed by atoms with Gasteiger partial charge in [-0.05, 0) is 0 Å². The van der Waals surface area contributed by atoms with E-state index < -0.39 is 18.4 Å². The van der Waals surface area contributed by atoms with Crippen molar-refractivity contribution in [1.29, 1.82) is 0 Å². The minimum absolute atomic E-state index is 0.894. The quantitative estimate of drug-likeness (QED) is 0.423. The van der Waals surface area contributed by atoms with Gasteiger partial charge in [0.1, 0.15) is 0 Å². The molecule has 0 bridgehead atoms. The summed E-state index contributed by atoms with van der Waals surface area (Å²) in [5.74, 6) is 0. The number of aromatic nitrogens is 3. The van der Waals surface area contributed by atoms with E-state index in [9.17, 15) is 0 Å². The predicted octanol–water partition coefficient (Wildman–Crippen LogP) is 5.59. The summed E-state index contributed by atoms with van der Waals surface area (Å²) in [6.45, 7) is 6.93. The van der Waals surface area contributed by atoms with E-state index in [0.717, 1.165) is 11.4 Å². The van der Waals surface area contributed by atoms with Crippen molar-refractivity contribution in [3.05, 3.63) is 36.5 Å². The molecule has 0 N–H and O–H groups in total. The Balaban J connectivity index is 2.30. The SMILES string of the molecule is CCC[CH2][Sn]([CH2]CCC)([CH2]CCC)[c]1ccc(-c2ccccn2)nn1. The van der Waals surface area contributed by atoms with Crippen LogP contribution in [0.25, 0.3) is 11.4 Å². The van der Waals surface area contributed by atoms with Crippen LogP contribution in [0.3, 0.4) is 0 Å². The fourth-order valence-electron chi connectivity index (χ4n) is 3.57. The maximum atomic E-state index is 4.79. The molecule has 2 rings (SSSR count). The average molecular weight is 446 g/mol. The molecule has 0 spiro atoms. The van der Waals surface area contributed by atoms with Crippen molar-refractivity contribution >= 4 is 22.1 Å². The van der Waals surface area contributed by atoms with E-state index >= 15 is 0 Å². The van der Waals surface area contributed by atoms with Gasteiger partial charge in [-0.1, -0.05) is 0 Å². The fraction of sp³-hybridized carbons (Fsp3) is 0.571. The van der Waals surface area contributed by atoms with Crippen LogP contribution in [0.5, 0.6) is 0 Å². The van der Waals surface area contributed by atoms with E-state index in [1.165, 1.54) is 55.5 Å². The summed E-state index contributed by atoms with van der Waals surface area (Å²) in [7, 11) is 0. The molecule has 4 heteroatoms. The fourth-order valence-corrected chi connectivity index (χ4v) is 18.7. The summed E-state index contributed by atoms with van der Waals surface area (Å²) in [6.07, 6.45) is 9.74. The summed E-state index contributed by atoms with van der Waals surface area (Å²) in [5.41, 5.74) is 1.81. The zero-order valence-electron chi connectivity index (χ0n) is 16.2. The average Bonchev–Trinajstić information content (AvgIpc) is 2.68. The van der Waals surface area contributed by atoms with Crippen molar-refractivity contribution in [2.45, 2.75) is 72.6 Å². The first-order valence-corrected chi connectivity index (χ1v) is 17.5. The molecule has 0 aromatic carbocycles. The van der Waals surface area contributed by atoms with Crippen molar-refractivity contribution in [2.24, 2.45) is 0 Å². The van der Waals surface area contributed by atoms with Crippen LogP contribution in [-0.4, -0.2) is 33.6 Å². The third-order valence-electron chi connectivity index (χ3n) is 5.16. The zero-order chi connectivity index (χ0) is 18.0. The number of hydrogen-bond acceptors (Lipinski definition) is 3. The molecule has 2 aromatic rings. The Morgan fingerprint density at radius 2 is 1.36 bits per heavy atom. The first-order chi connectivity index (χ1) is 12.3. The summed E-state index contributed by atoms with van der Waals surface area (Å²) in [5, 5.41) is 9.37.